The number of carbonyl (C=O) groups excluding carboxylic acids is 1. The molecule has 0 bridgehead atoms. The maximum atomic E-state index is 12.9. The SMILES string of the molecule is O=C(CSc1nnc2ccccn12)N1CCSCC1c1ccccc1. The summed E-state index contributed by atoms with van der Waals surface area (Å²) in [5.41, 5.74) is 2.01. The summed E-state index contributed by atoms with van der Waals surface area (Å²) in [6.07, 6.45) is 1.92. The minimum absolute atomic E-state index is 0.156. The molecule has 0 spiro atoms. The molecule has 7 heteroatoms. The Morgan fingerprint density at radius 2 is 2.00 bits per heavy atom. The van der Waals surface area contributed by atoms with Crippen molar-refractivity contribution < 1.29 is 4.79 Å². The third kappa shape index (κ3) is 3.52. The van der Waals surface area contributed by atoms with Crippen molar-refractivity contribution in [2.75, 3.05) is 23.8 Å². The molecule has 1 aliphatic heterocycles. The predicted octanol–water partition coefficient (Wildman–Crippen LogP) is 3.14. The summed E-state index contributed by atoms with van der Waals surface area (Å²) in [4.78, 5) is 14.9. The fraction of sp³-hybridized carbons (Fsp3) is 0.278. The minimum atomic E-state index is 0.156. The van der Waals surface area contributed by atoms with Gasteiger partial charge in [-0.25, -0.2) is 0 Å². The molecule has 1 unspecified atom stereocenters. The Morgan fingerprint density at radius 1 is 1.16 bits per heavy atom. The largest absolute Gasteiger partial charge is 0.333 e. The quantitative estimate of drug-likeness (QED) is 0.661. The van der Waals surface area contributed by atoms with Crippen molar-refractivity contribution in [3.05, 3.63) is 60.3 Å². The Hall–Kier alpha value is -1.99. The van der Waals surface area contributed by atoms with Crippen LogP contribution >= 0.6 is 23.5 Å². The molecule has 0 aliphatic carbocycles. The minimum Gasteiger partial charge on any atom is -0.333 e. The second-order valence-electron chi connectivity index (χ2n) is 5.79. The van der Waals surface area contributed by atoms with E-state index in [-0.39, 0.29) is 11.9 Å². The summed E-state index contributed by atoms with van der Waals surface area (Å²) in [5, 5.41) is 9.08. The van der Waals surface area contributed by atoms with Gasteiger partial charge in [-0.3, -0.25) is 9.20 Å². The third-order valence-corrected chi connectivity index (χ3v) is 6.19. The zero-order valence-electron chi connectivity index (χ0n) is 13.6. The molecule has 1 fully saturated rings. The molecule has 1 saturated heterocycles. The third-order valence-electron chi connectivity index (χ3n) is 4.24. The maximum Gasteiger partial charge on any atom is 0.233 e. The number of aromatic nitrogens is 3. The van der Waals surface area contributed by atoms with Crippen molar-refractivity contribution in [1.29, 1.82) is 0 Å². The van der Waals surface area contributed by atoms with E-state index in [0.29, 0.717) is 5.75 Å². The van der Waals surface area contributed by atoms with Crippen LogP contribution in [0.1, 0.15) is 11.6 Å². The highest BCUT2D eigenvalue weighted by Crippen LogP contribution is 2.30. The Morgan fingerprint density at radius 3 is 2.88 bits per heavy atom. The van der Waals surface area contributed by atoms with Gasteiger partial charge in [0.25, 0.3) is 0 Å². The highest BCUT2D eigenvalue weighted by molar-refractivity contribution is 8.00. The lowest BCUT2D eigenvalue weighted by atomic mass is 10.1. The number of hydrogen-bond donors (Lipinski definition) is 0. The molecule has 1 aliphatic rings. The first-order valence-electron chi connectivity index (χ1n) is 8.17. The predicted molar refractivity (Wildman–Crippen MR) is 102 cm³/mol. The number of benzene rings is 1. The monoisotopic (exact) mass is 370 g/mol. The fourth-order valence-corrected chi connectivity index (χ4v) is 4.88. The number of rotatable bonds is 4. The Bertz CT molecular complexity index is 868. The molecule has 3 heterocycles. The van der Waals surface area contributed by atoms with Gasteiger partial charge in [-0.15, -0.1) is 10.2 Å². The van der Waals surface area contributed by atoms with Crippen molar-refractivity contribution in [2.24, 2.45) is 0 Å². The highest BCUT2D eigenvalue weighted by Gasteiger charge is 2.28. The Balaban J connectivity index is 1.47. The molecule has 2 aromatic heterocycles. The average molecular weight is 371 g/mol. The summed E-state index contributed by atoms with van der Waals surface area (Å²) >= 11 is 3.36. The van der Waals surface area contributed by atoms with Crippen molar-refractivity contribution in [1.82, 2.24) is 19.5 Å². The van der Waals surface area contributed by atoms with Gasteiger partial charge >= 0.3 is 0 Å². The Labute approximate surface area is 154 Å². The molecule has 1 amide bonds. The standard InChI is InChI=1S/C18H18N4OS2/c23-17(13-25-18-20-19-16-8-4-5-9-22(16)18)21-10-11-24-12-15(21)14-6-2-1-3-7-14/h1-9,15H,10-13H2. The zero-order chi connectivity index (χ0) is 17.1. The molecule has 1 atom stereocenters. The molecule has 0 N–H and O–H groups in total. The van der Waals surface area contributed by atoms with Crippen LogP contribution in [0.5, 0.6) is 0 Å². The fourth-order valence-electron chi connectivity index (χ4n) is 2.98. The summed E-state index contributed by atoms with van der Waals surface area (Å²) in [6.45, 7) is 0.796. The summed E-state index contributed by atoms with van der Waals surface area (Å²) in [5.74, 6) is 2.48. The van der Waals surface area contributed by atoms with E-state index in [4.69, 9.17) is 0 Å². The first kappa shape index (κ1) is 16.5. The van der Waals surface area contributed by atoms with E-state index in [1.54, 1.807) is 0 Å². The number of pyridine rings is 1. The van der Waals surface area contributed by atoms with Crippen molar-refractivity contribution in [2.45, 2.75) is 11.2 Å². The van der Waals surface area contributed by atoms with Crippen molar-refractivity contribution in [3.63, 3.8) is 0 Å². The normalized spacial score (nSPS) is 17.8. The van der Waals surface area contributed by atoms with Crippen LogP contribution in [0.25, 0.3) is 5.65 Å². The van der Waals surface area contributed by atoms with Gasteiger partial charge < -0.3 is 4.90 Å². The summed E-state index contributed by atoms with van der Waals surface area (Å²) < 4.78 is 1.92. The molecular formula is C18H18N4OS2. The lowest BCUT2D eigenvalue weighted by Gasteiger charge is -2.35. The van der Waals surface area contributed by atoms with Gasteiger partial charge in [-0.05, 0) is 17.7 Å². The number of fused-ring (bicyclic) bond motifs is 1. The van der Waals surface area contributed by atoms with Crippen LogP contribution in [0.3, 0.4) is 0 Å². The number of hydrogen-bond acceptors (Lipinski definition) is 5. The van der Waals surface area contributed by atoms with E-state index >= 15 is 0 Å². The lowest BCUT2D eigenvalue weighted by molar-refractivity contribution is -0.130. The van der Waals surface area contributed by atoms with Gasteiger partial charge in [0, 0.05) is 24.2 Å². The van der Waals surface area contributed by atoms with Crippen molar-refractivity contribution in [3.8, 4) is 0 Å². The van der Waals surface area contributed by atoms with E-state index in [0.717, 1.165) is 28.9 Å². The first-order chi connectivity index (χ1) is 12.3. The molecular weight excluding hydrogens is 352 g/mol. The Kier molecular flexibility index (Phi) is 4.94. The van der Waals surface area contributed by atoms with E-state index in [2.05, 4.69) is 22.3 Å². The van der Waals surface area contributed by atoms with Crippen LogP contribution in [-0.2, 0) is 4.79 Å². The van der Waals surface area contributed by atoms with Crippen molar-refractivity contribution >= 4 is 35.1 Å². The van der Waals surface area contributed by atoms with Gasteiger partial charge in [0.2, 0.25) is 5.91 Å². The molecule has 0 radical (unpaired) electrons. The van der Waals surface area contributed by atoms with Crippen LogP contribution in [0, 0.1) is 0 Å². The molecule has 128 valence electrons. The van der Waals surface area contributed by atoms with Gasteiger partial charge in [0.1, 0.15) is 0 Å². The van der Waals surface area contributed by atoms with E-state index < -0.39 is 0 Å². The highest BCUT2D eigenvalue weighted by atomic mass is 32.2. The summed E-state index contributed by atoms with van der Waals surface area (Å²) in [6, 6.07) is 16.2. The second-order valence-corrected chi connectivity index (χ2v) is 7.88. The van der Waals surface area contributed by atoms with Gasteiger partial charge in [0.15, 0.2) is 10.8 Å². The molecule has 25 heavy (non-hydrogen) atoms. The van der Waals surface area contributed by atoms with E-state index in [1.165, 1.54) is 17.3 Å². The van der Waals surface area contributed by atoms with E-state index in [9.17, 15) is 4.79 Å². The first-order valence-corrected chi connectivity index (χ1v) is 10.3. The second kappa shape index (κ2) is 7.49. The smallest absolute Gasteiger partial charge is 0.233 e. The number of nitrogens with zero attached hydrogens (tertiary/aromatic N) is 4. The number of thioether (sulfide) groups is 2. The van der Waals surface area contributed by atoms with Crippen LogP contribution in [0.2, 0.25) is 0 Å². The molecule has 3 aromatic rings. The number of amides is 1. The molecule has 4 rings (SSSR count). The molecule has 0 saturated carbocycles. The van der Waals surface area contributed by atoms with Crippen LogP contribution in [0.4, 0.5) is 0 Å². The van der Waals surface area contributed by atoms with E-state index in [1.807, 2.05) is 63.7 Å². The zero-order valence-corrected chi connectivity index (χ0v) is 15.2. The molecule has 1 aromatic carbocycles. The number of carbonyl (C=O) groups is 1. The van der Waals surface area contributed by atoms with Crippen LogP contribution in [0.15, 0.2) is 59.9 Å². The van der Waals surface area contributed by atoms with Gasteiger partial charge in [-0.1, -0.05) is 48.2 Å². The van der Waals surface area contributed by atoms with Gasteiger partial charge in [0.05, 0.1) is 11.8 Å². The lowest BCUT2D eigenvalue weighted by Crippen LogP contribution is -2.41. The topological polar surface area (TPSA) is 50.5 Å². The summed E-state index contributed by atoms with van der Waals surface area (Å²) in [7, 11) is 0. The average Bonchev–Trinajstić information content (AvgIpc) is 3.10. The maximum absolute atomic E-state index is 12.9. The van der Waals surface area contributed by atoms with Crippen LogP contribution < -0.4 is 0 Å². The van der Waals surface area contributed by atoms with Gasteiger partial charge in [-0.2, -0.15) is 11.8 Å². The molecule has 5 nitrogen and oxygen atoms in total. The van der Waals surface area contributed by atoms with Crippen LogP contribution in [-0.4, -0.2) is 49.2 Å².